The summed E-state index contributed by atoms with van der Waals surface area (Å²) < 4.78 is 7.89. The molecule has 0 amide bonds. The monoisotopic (exact) mass is 232 g/mol. The SMILES string of the molecule is COc1cc(C(C)C)ccc1C[N+]1=CCCC1. The third-order valence-corrected chi connectivity index (χ3v) is 3.39. The van der Waals surface area contributed by atoms with Crippen molar-refractivity contribution >= 4 is 6.21 Å². The third-order valence-electron chi connectivity index (χ3n) is 3.39. The second-order valence-corrected chi connectivity index (χ2v) is 5.02. The van der Waals surface area contributed by atoms with Crippen LogP contribution in [0.15, 0.2) is 18.2 Å². The minimum absolute atomic E-state index is 0.552. The van der Waals surface area contributed by atoms with Gasteiger partial charge in [0.2, 0.25) is 0 Å². The summed E-state index contributed by atoms with van der Waals surface area (Å²) in [7, 11) is 1.76. The molecule has 0 atom stereocenters. The number of hydrogen-bond acceptors (Lipinski definition) is 1. The fraction of sp³-hybridized carbons (Fsp3) is 0.533. The number of rotatable bonds is 4. The molecule has 0 aliphatic carbocycles. The fourth-order valence-electron chi connectivity index (χ4n) is 2.27. The van der Waals surface area contributed by atoms with Crippen molar-refractivity contribution < 1.29 is 9.31 Å². The second kappa shape index (κ2) is 5.35. The van der Waals surface area contributed by atoms with E-state index in [1.165, 1.54) is 30.5 Å². The summed E-state index contributed by atoms with van der Waals surface area (Å²) in [5, 5.41) is 0. The van der Waals surface area contributed by atoms with Gasteiger partial charge < -0.3 is 4.74 Å². The van der Waals surface area contributed by atoms with Gasteiger partial charge in [0.15, 0.2) is 6.54 Å². The van der Waals surface area contributed by atoms with Crippen molar-refractivity contribution in [3.05, 3.63) is 29.3 Å². The van der Waals surface area contributed by atoms with E-state index < -0.39 is 0 Å². The Labute approximate surface area is 104 Å². The van der Waals surface area contributed by atoms with Crippen LogP contribution in [-0.4, -0.2) is 24.4 Å². The highest BCUT2D eigenvalue weighted by molar-refractivity contribution is 5.52. The minimum atomic E-state index is 0.552. The molecular formula is C15H22NO+. The van der Waals surface area contributed by atoms with Crippen LogP contribution in [0.5, 0.6) is 5.75 Å². The zero-order valence-electron chi connectivity index (χ0n) is 11.1. The lowest BCUT2D eigenvalue weighted by Crippen LogP contribution is -2.09. The lowest BCUT2D eigenvalue weighted by atomic mass is 10.0. The van der Waals surface area contributed by atoms with Gasteiger partial charge in [-0.05, 0) is 23.6 Å². The molecule has 1 aromatic carbocycles. The standard InChI is InChI=1S/C15H22NO/c1-12(2)13-6-7-14(15(10-13)17-3)11-16-8-4-5-9-16/h6-8,10,12H,4-5,9,11H2,1-3H3/q+1. The number of ether oxygens (including phenoxy) is 1. The number of benzene rings is 1. The van der Waals surface area contributed by atoms with Crippen molar-refractivity contribution in [2.24, 2.45) is 0 Å². The van der Waals surface area contributed by atoms with Crippen molar-refractivity contribution in [3.63, 3.8) is 0 Å². The Bertz CT molecular complexity index is 421. The van der Waals surface area contributed by atoms with E-state index in [2.05, 4.69) is 42.8 Å². The van der Waals surface area contributed by atoms with E-state index in [9.17, 15) is 0 Å². The zero-order valence-corrected chi connectivity index (χ0v) is 11.1. The molecule has 1 aliphatic heterocycles. The van der Waals surface area contributed by atoms with E-state index in [4.69, 9.17) is 4.74 Å². The van der Waals surface area contributed by atoms with Gasteiger partial charge in [-0.2, -0.15) is 0 Å². The van der Waals surface area contributed by atoms with Crippen molar-refractivity contribution in [3.8, 4) is 5.75 Å². The molecule has 0 fully saturated rings. The van der Waals surface area contributed by atoms with Crippen LogP contribution in [0.3, 0.4) is 0 Å². The van der Waals surface area contributed by atoms with E-state index in [0.717, 1.165) is 12.3 Å². The highest BCUT2D eigenvalue weighted by Gasteiger charge is 2.15. The van der Waals surface area contributed by atoms with Gasteiger partial charge in [-0.3, -0.25) is 0 Å². The maximum absolute atomic E-state index is 5.51. The average molecular weight is 232 g/mol. The first kappa shape index (κ1) is 12.2. The summed E-state index contributed by atoms with van der Waals surface area (Å²) in [6.45, 7) is 6.57. The van der Waals surface area contributed by atoms with E-state index in [0.29, 0.717) is 5.92 Å². The average Bonchev–Trinajstić information content (AvgIpc) is 2.82. The van der Waals surface area contributed by atoms with E-state index in [1.807, 2.05) is 0 Å². The molecule has 0 unspecified atom stereocenters. The first-order valence-electron chi connectivity index (χ1n) is 6.45. The van der Waals surface area contributed by atoms with Crippen LogP contribution < -0.4 is 4.74 Å². The Morgan fingerprint density at radius 1 is 1.35 bits per heavy atom. The summed E-state index contributed by atoms with van der Waals surface area (Å²) in [4.78, 5) is 0. The van der Waals surface area contributed by atoms with Crippen LogP contribution in [0.1, 0.15) is 43.7 Å². The molecule has 0 radical (unpaired) electrons. The molecule has 0 N–H and O–H groups in total. The van der Waals surface area contributed by atoms with Crippen LogP contribution in [0, 0.1) is 0 Å². The summed E-state index contributed by atoms with van der Waals surface area (Å²) in [6.07, 6.45) is 4.80. The second-order valence-electron chi connectivity index (χ2n) is 5.02. The number of nitrogens with zero attached hydrogens (tertiary/aromatic N) is 1. The largest absolute Gasteiger partial charge is 0.496 e. The van der Waals surface area contributed by atoms with Crippen molar-refractivity contribution in [2.75, 3.05) is 13.7 Å². The van der Waals surface area contributed by atoms with Crippen molar-refractivity contribution in [1.82, 2.24) is 0 Å². The van der Waals surface area contributed by atoms with Gasteiger partial charge in [0, 0.05) is 12.8 Å². The van der Waals surface area contributed by atoms with E-state index >= 15 is 0 Å². The van der Waals surface area contributed by atoms with Gasteiger partial charge in [-0.1, -0.05) is 19.9 Å². The number of methoxy groups -OCH3 is 1. The van der Waals surface area contributed by atoms with Crippen LogP contribution in [0.25, 0.3) is 0 Å². The van der Waals surface area contributed by atoms with Crippen LogP contribution in [-0.2, 0) is 6.54 Å². The molecule has 92 valence electrons. The summed E-state index contributed by atoms with van der Waals surface area (Å²) in [6, 6.07) is 6.61. The van der Waals surface area contributed by atoms with Gasteiger partial charge >= 0.3 is 0 Å². The minimum Gasteiger partial charge on any atom is -0.496 e. The van der Waals surface area contributed by atoms with Gasteiger partial charge in [0.1, 0.15) is 18.5 Å². The van der Waals surface area contributed by atoms with Crippen LogP contribution in [0.2, 0.25) is 0 Å². The molecule has 2 rings (SSSR count). The molecule has 0 bridgehead atoms. The Hall–Kier alpha value is -1.31. The molecule has 0 spiro atoms. The maximum Gasteiger partial charge on any atom is 0.171 e. The third kappa shape index (κ3) is 2.87. The molecule has 1 aromatic rings. The maximum atomic E-state index is 5.51. The van der Waals surface area contributed by atoms with Gasteiger partial charge in [-0.15, -0.1) is 0 Å². The molecule has 0 saturated carbocycles. The Kier molecular flexibility index (Phi) is 3.82. The lowest BCUT2D eigenvalue weighted by molar-refractivity contribution is -0.532. The number of hydrogen-bond donors (Lipinski definition) is 0. The van der Waals surface area contributed by atoms with Crippen molar-refractivity contribution in [2.45, 2.75) is 39.2 Å². The van der Waals surface area contributed by atoms with Gasteiger partial charge in [0.25, 0.3) is 0 Å². The Morgan fingerprint density at radius 2 is 2.18 bits per heavy atom. The Morgan fingerprint density at radius 3 is 2.76 bits per heavy atom. The molecule has 2 heteroatoms. The molecule has 17 heavy (non-hydrogen) atoms. The smallest absolute Gasteiger partial charge is 0.171 e. The predicted octanol–water partition coefficient (Wildman–Crippen LogP) is 3.20. The summed E-state index contributed by atoms with van der Waals surface area (Å²) in [5.41, 5.74) is 2.63. The summed E-state index contributed by atoms with van der Waals surface area (Å²) in [5.74, 6) is 1.58. The highest BCUT2D eigenvalue weighted by Crippen LogP contribution is 2.25. The fourth-order valence-corrected chi connectivity index (χ4v) is 2.27. The van der Waals surface area contributed by atoms with Gasteiger partial charge in [0.05, 0.1) is 12.7 Å². The van der Waals surface area contributed by atoms with Crippen LogP contribution in [0.4, 0.5) is 0 Å². The first-order chi connectivity index (χ1) is 8.20. The quantitative estimate of drug-likeness (QED) is 0.726. The first-order valence-corrected chi connectivity index (χ1v) is 6.45. The topological polar surface area (TPSA) is 12.2 Å². The predicted molar refractivity (Wildman–Crippen MR) is 71.2 cm³/mol. The summed E-state index contributed by atoms with van der Waals surface area (Å²) >= 11 is 0. The van der Waals surface area contributed by atoms with Crippen molar-refractivity contribution in [1.29, 1.82) is 0 Å². The van der Waals surface area contributed by atoms with Gasteiger partial charge in [-0.25, -0.2) is 4.58 Å². The molecule has 0 aromatic heterocycles. The Balaban J connectivity index is 2.21. The zero-order chi connectivity index (χ0) is 12.3. The highest BCUT2D eigenvalue weighted by atomic mass is 16.5. The molecule has 0 saturated heterocycles. The molecule has 1 aliphatic rings. The van der Waals surface area contributed by atoms with E-state index in [-0.39, 0.29) is 0 Å². The molecule has 2 nitrogen and oxygen atoms in total. The lowest BCUT2D eigenvalue weighted by Gasteiger charge is -2.11. The molecule has 1 heterocycles. The van der Waals surface area contributed by atoms with Crippen LogP contribution >= 0.6 is 0 Å². The van der Waals surface area contributed by atoms with E-state index in [1.54, 1.807) is 7.11 Å². The molecular weight excluding hydrogens is 210 g/mol. The normalized spacial score (nSPS) is 15.2.